The van der Waals surface area contributed by atoms with Gasteiger partial charge in [0, 0.05) is 76.2 Å². The number of hydrogen-bond acceptors (Lipinski definition) is 5. The number of carbonyl (C=O) groups is 2. The summed E-state index contributed by atoms with van der Waals surface area (Å²) in [7, 11) is 0. The molecular weight excluding hydrogens is 354 g/mol. The Bertz CT molecular complexity index is 849. The van der Waals surface area contributed by atoms with Crippen LogP contribution in [0.3, 0.4) is 0 Å². The molecule has 2 aromatic rings. The van der Waals surface area contributed by atoms with Crippen molar-refractivity contribution in [3.8, 4) is 0 Å². The zero-order chi connectivity index (χ0) is 19.5. The van der Waals surface area contributed by atoms with Gasteiger partial charge in [-0.2, -0.15) is 0 Å². The van der Waals surface area contributed by atoms with Gasteiger partial charge in [-0.05, 0) is 36.2 Å². The Kier molecular flexibility index (Phi) is 5.23. The van der Waals surface area contributed by atoms with Gasteiger partial charge in [0.2, 0.25) is 11.8 Å². The average molecular weight is 379 g/mol. The molecule has 0 aromatic carbocycles. The SMILES string of the molecule is Cc1cnccc1N1CCN(C(=O)[C@@H]2CC(=O)N(Cc3ccncc3)C2)CC1. The number of anilines is 1. The molecule has 0 saturated carbocycles. The van der Waals surface area contributed by atoms with Crippen LogP contribution >= 0.6 is 0 Å². The summed E-state index contributed by atoms with van der Waals surface area (Å²) in [4.78, 5) is 39.5. The molecule has 0 radical (unpaired) electrons. The van der Waals surface area contributed by atoms with E-state index < -0.39 is 0 Å². The number of likely N-dealkylation sites (tertiary alicyclic amines) is 1. The zero-order valence-electron chi connectivity index (χ0n) is 16.1. The minimum Gasteiger partial charge on any atom is -0.368 e. The maximum Gasteiger partial charge on any atom is 0.228 e. The predicted octanol–water partition coefficient (Wildman–Crippen LogP) is 1.48. The van der Waals surface area contributed by atoms with Crippen molar-refractivity contribution in [2.24, 2.45) is 5.92 Å². The summed E-state index contributed by atoms with van der Waals surface area (Å²) in [5, 5.41) is 0. The average Bonchev–Trinajstić information content (AvgIpc) is 3.09. The molecule has 2 aliphatic rings. The highest BCUT2D eigenvalue weighted by Crippen LogP contribution is 2.24. The minimum absolute atomic E-state index is 0.0567. The van der Waals surface area contributed by atoms with E-state index in [9.17, 15) is 9.59 Å². The van der Waals surface area contributed by atoms with Gasteiger partial charge >= 0.3 is 0 Å². The lowest BCUT2D eigenvalue weighted by atomic mass is 10.1. The van der Waals surface area contributed by atoms with E-state index in [2.05, 4.69) is 21.8 Å². The summed E-state index contributed by atoms with van der Waals surface area (Å²) in [5.74, 6) is -0.0681. The van der Waals surface area contributed by atoms with E-state index >= 15 is 0 Å². The Morgan fingerprint density at radius 2 is 1.79 bits per heavy atom. The summed E-state index contributed by atoms with van der Waals surface area (Å²) < 4.78 is 0. The smallest absolute Gasteiger partial charge is 0.228 e. The first-order valence-electron chi connectivity index (χ1n) is 9.73. The van der Waals surface area contributed by atoms with E-state index in [4.69, 9.17) is 0 Å². The van der Waals surface area contributed by atoms with Gasteiger partial charge in [-0.3, -0.25) is 19.6 Å². The van der Waals surface area contributed by atoms with Crippen molar-refractivity contribution in [1.29, 1.82) is 0 Å². The van der Waals surface area contributed by atoms with E-state index in [-0.39, 0.29) is 17.7 Å². The highest BCUT2D eigenvalue weighted by Gasteiger charge is 2.37. The van der Waals surface area contributed by atoms with Gasteiger partial charge in [0.05, 0.1) is 5.92 Å². The molecule has 2 aliphatic heterocycles. The van der Waals surface area contributed by atoms with Gasteiger partial charge in [0.15, 0.2) is 0 Å². The second kappa shape index (κ2) is 7.96. The summed E-state index contributed by atoms with van der Waals surface area (Å²) in [6, 6.07) is 5.84. The molecule has 2 amide bonds. The third-order valence-corrected chi connectivity index (χ3v) is 5.61. The largest absolute Gasteiger partial charge is 0.368 e. The molecule has 7 nitrogen and oxygen atoms in total. The second-order valence-electron chi connectivity index (χ2n) is 7.51. The fraction of sp³-hybridized carbons (Fsp3) is 0.429. The number of aryl methyl sites for hydroxylation is 1. The lowest BCUT2D eigenvalue weighted by Gasteiger charge is -2.37. The summed E-state index contributed by atoms with van der Waals surface area (Å²) in [6.45, 7) is 6.09. The monoisotopic (exact) mass is 379 g/mol. The van der Waals surface area contributed by atoms with Crippen LogP contribution in [0.15, 0.2) is 43.0 Å². The molecule has 28 heavy (non-hydrogen) atoms. The molecule has 0 aliphatic carbocycles. The summed E-state index contributed by atoms with van der Waals surface area (Å²) in [5.41, 5.74) is 3.37. The van der Waals surface area contributed by atoms with Crippen LogP contribution in [-0.2, 0) is 16.1 Å². The molecule has 0 unspecified atom stereocenters. The number of carbonyl (C=O) groups excluding carboxylic acids is 2. The van der Waals surface area contributed by atoms with Crippen LogP contribution in [0, 0.1) is 12.8 Å². The van der Waals surface area contributed by atoms with E-state index in [0.29, 0.717) is 32.6 Å². The van der Waals surface area contributed by atoms with Gasteiger partial charge in [-0.25, -0.2) is 0 Å². The third-order valence-electron chi connectivity index (χ3n) is 5.61. The number of nitrogens with zero attached hydrogens (tertiary/aromatic N) is 5. The topological polar surface area (TPSA) is 69.6 Å². The Labute approximate surface area is 165 Å². The first kappa shape index (κ1) is 18.4. The quantitative estimate of drug-likeness (QED) is 0.805. The molecule has 1 atom stereocenters. The molecule has 7 heteroatoms. The van der Waals surface area contributed by atoms with Crippen LogP contribution < -0.4 is 4.90 Å². The first-order chi connectivity index (χ1) is 13.6. The molecule has 2 fully saturated rings. The molecular formula is C21H25N5O2. The second-order valence-corrected chi connectivity index (χ2v) is 7.51. The molecule has 0 bridgehead atoms. The normalized spacial score (nSPS) is 20.0. The summed E-state index contributed by atoms with van der Waals surface area (Å²) >= 11 is 0. The van der Waals surface area contributed by atoms with E-state index in [1.54, 1.807) is 23.5 Å². The van der Waals surface area contributed by atoms with Crippen LogP contribution in [-0.4, -0.2) is 64.3 Å². The minimum atomic E-state index is -0.233. The van der Waals surface area contributed by atoms with E-state index in [0.717, 1.165) is 24.2 Å². The van der Waals surface area contributed by atoms with Gasteiger partial charge in [-0.15, -0.1) is 0 Å². The fourth-order valence-corrected chi connectivity index (χ4v) is 4.05. The van der Waals surface area contributed by atoms with E-state index in [1.807, 2.05) is 29.3 Å². The number of amides is 2. The van der Waals surface area contributed by atoms with Crippen molar-refractivity contribution >= 4 is 17.5 Å². The van der Waals surface area contributed by atoms with Gasteiger partial charge in [0.25, 0.3) is 0 Å². The molecule has 4 rings (SSSR count). The maximum absolute atomic E-state index is 13.0. The molecule has 2 saturated heterocycles. The van der Waals surface area contributed by atoms with Crippen LogP contribution in [0.2, 0.25) is 0 Å². The first-order valence-corrected chi connectivity index (χ1v) is 9.73. The van der Waals surface area contributed by atoms with E-state index in [1.165, 1.54) is 5.69 Å². The number of pyridine rings is 2. The predicted molar refractivity (Wildman–Crippen MR) is 106 cm³/mol. The Balaban J connectivity index is 1.33. The Hall–Kier alpha value is -2.96. The van der Waals surface area contributed by atoms with Crippen molar-refractivity contribution in [2.45, 2.75) is 19.9 Å². The van der Waals surface area contributed by atoms with Crippen LogP contribution in [0.25, 0.3) is 0 Å². The number of rotatable bonds is 4. The number of piperazine rings is 1. The standard InChI is InChI=1S/C21H25N5O2/c1-16-13-23-7-4-19(16)24-8-10-25(11-9-24)21(28)18-12-20(27)26(15-18)14-17-2-5-22-6-3-17/h2-7,13,18H,8-12,14-15H2,1H3/t18-/m1/s1. The highest BCUT2D eigenvalue weighted by molar-refractivity contribution is 5.89. The fourth-order valence-electron chi connectivity index (χ4n) is 4.05. The van der Waals surface area contributed by atoms with Gasteiger partial charge < -0.3 is 14.7 Å². The van der Waals surface area contributed by atoms with Crippen LogP contribution in [0.4, 0.5) is 5.69 Å². The lowest BCUT2D eigenvalue weighted by Crippen LogP contribution is -2.50. The van der Waals surface area contributed by atoms with Gasteiger partial charge in [-0.1, -0.05) is 0 Å². The molecule has 0 N–H and O–H groups in total. The lowest BCUT2D eigenvalue weighted by molar-refractivity contribution is -0.136. The number of hydrogen-bond donors (Lipinski definition) is 0. The summed E-state index contributed by atoms with van der Waals surface area (Å²) in [6.07, 6.45) is 7.44. The third kappa shape index (κ3) is 3.83. The highest BCUT2D eigenvalue weighted by atomic mass is 16.2. The molecule has 2 aromatic heterocycles. The van der Waals surface area contributed by atoms with Crippen molar-refractivity contribution in [3.63, 3.8) is 0 Å². The van der Waals surface area contributed by atoms with Crippen molar-refractivity contribution in [1.82, 2.24) is 19.8 Å². The Morgan fingerprint density at radius 1 is 1.07 bits per heavy atom. The number of aromatic nitrogens is 2. The molecule has 0 spiro atoms. The molecule has 4 heterocycles. The van der Waals surface area contributed by atoms with Crippen LogP contribution in [0.5, 0.6) is 0 Å². The Morgan fingerprint density at radius 3 is 2.50 bits per heavy atom. The van der Waals surface area contributed by atoms with Crippen molar-refractivity contribution in [3.05, 3.63) is 54.1 Å². The van der Waals surface area contributed by atoms with Crippen molar-refractivity contribution < 1.29 is 9.59 Å². The van der Waals surface area contributed by atoms with Crippen LogP contribution in [0.1, 0.15) is 17.5 Å². The maximum atomic E-state index is 13.0. The molecule has 146 valence electrons. The van der Waals surface area contributed by atoms with Crippen molar-refractivity contribution in [2.75, 3.05) is 37.6 Å². The van der Waals surface area contributed by atoms with Gasteiger partial charge in [0.1, 0.15) is 0 Å². The zero-order valence-corrected chi connectivity index (χ0v) is 16.1.